The van der Waals surface area contributed by atoms with Gasteiger partial charge in [0.15, 0.2) is 0 Å². The molecule has 2 aromatic rings. The summed E-state index contributed by atoms with van der Waals surface area (Å²) in [5, 5.41) is 0. The van der Waals surface area contributed by atoms with Crippen molar-refractivity contribution < 1.29 is 30.9 Å². The van der Waals surface area contributed by atoms with Crippen molar-refractivity contribution in [3.8, 4) is 11.5 Å². The molecule has 0 aliphatic carbocycles. The summed E-state index contributed by atoms with van der Waals surface area (Å²) in [6.45, 7) is 0. The lowest BCUT2D eigenvalue weighted by Crippen LogP contribution is -2.21. The Hall–Kier alpha value is -2.10. The lowest BCUT2D eigenvalue weighted by molar-refractivity contribution is -0.137. The molecule has 1 unspecified atom stereocenters. The highest BCUT2D eigenvalue weighted by Gasteiger charge is 2.30. The van der Waals surface area contributed by atoms with Gasteiger partial charge in [0.25, 0.3) is 10.1 Å². The zero-order valence-electron chi connectivity index (χ0n) is 12.2. The van der Waals surface area contributed by atoms with Crippen molar-refractivity contribution in [3.63, 3.8) is 0 Å². The molecule has 0 spiro atoms. The van der Waals surface area contributed by atoms with Gasteiger partial charge in [-0.05, 0) is 35.9 Å². The molecule has 5 nitrogen and oxygen atoms in total. The summed E-state index contributed by atoms with van der Waals surface area (Å²) in [6, 6.07) is 9.28. The number of ether oxygens (including phenoxy) is 1. The van der Waals surface area contributed by atoms with Crippen molar-refractivity contribution in [2.45, 2.75) is 12.2 Å². The van der Waals surface area contributed by atoms with E-state index in [9.17, 15) is 21.6 Å². The van der Waals surface area contributed by atoms with Crippen LogP contribution in [0.2, 0.25) is 0 Å². The Labute approximate surface area is 136 Å². The molecule has 0 fully saturated rings. The van der Waals surface area contributed by atoms with E-state index in [1.165, 1.54) is 36.4 Å². The largest absolute Gasteiger partial charge is 0.457 e. The molecule has 2 aromatic carbocycles. The van der Waals surface area contributed by atoms with Gasteiger partial charge in [-0.1, -0.05) is 18.2 Å². The van der Waals surface area contributed by atoms with E-state index in [0.29, 0.717) is 5.56 Å². The van der Waals surface area contributed by atoms with E-state index < -0.39 is 33.7 Å². The highest BCUT2D eigenvalue weighted by Crippen LogP contribution is 2.33. The average molecular weight is 361 g/mol. The molecule has 0 bridgehead atoms. The Kier molecular flexibility index (Phi) is 5.16. The van der Waals surface area contributed by atoms with E-state index in [0.717, 1.165) is 12.1 Å². The Morgan fingerprint density at radius 1 is 1.08 bits per heavy atom. The van der Waals surface area contributed by atoms with Crippen LogP contribution < -0.4 is 10.5 Å². The summed E-state index contributed by atoms with van der Waals surface area (Å²) in [4.78, 5) is 0. The van der Waals surface area contributed by atoms with E-state index in [-0.39, 0.29) is 11.5 Å². The number of alkyl halides is 3. The van der Waals surface area contributed by atoms with Gasteiger partial charge in [0.2, 0.25) is 0 Å². The Balaban J connectivity index is 2.21. The molecule has 0 aromatic heterocycles. The molecule has 3 N–H and O–H groups in total. The van der Waals surface area contributed by atoms with Crippen molar-refractivity contribution in [2.24, 2.45) is 5.73 Å². The first-order valence-electron chi connectivity index (χ1n) is 6.70. The van der Waals surface area contributed by atoms with Gasteiger partial charge in [0.05, 0.1) is 11.3 Å². The predicted octanol–water partition coefficient (Wildman–Crippen LogP) is 3.39. The third-order valence-corrected chi connectivity index (χ3v) is 3.85. The quantitative estimate of drug-likeness (QED) is 0.797. The second-order valence-electron chi connectivity index (χ2n) is 5.06. The minimum Gasteiger partial charge on any atom is -0.457 e. The molecule has 2 rings (SSSR count). The third-order valence-electron chi connectivity index (χ3n) is 3.07. The van der Waals surface area contributed by atoms with E-state index >= 15 is 0 Å². The highest BCUT2D eigenvalue weighted by atomic mass is 32.2. The van der Waals surface area contributed by atoms with Gasteiger partial charge in [-0.25, -0.2) is 0 Å². The maximum absolute atomic E-state index is 12.7. The first-order chi connectivity index (χ1) is 11.0. The molecule has 9 heteroatoms. The summed E-state index contributed by atoms with van der Waals surface area (Å²) in [6.07, 6.45) is -4.49. The minimum atomic E-state index is -4.49. The molecule has 130 valence electrons. The molecule has 0 saturated heterocycles. The van der Waals surface area contributed by atoms with Crippen molar-refractivity contribution in [2.75, 3.05) is 5.75 Å². The third kappa shape index (κ3) is 5.22. The smallest absolute Gasteiger partial charge is 0.416 e. The number of nitrogens with two attached hydrogens (primary N) is 1. The lowest BCUT2D eigenvalue weighted by Gasteiger charge is -2.13. The van der Waals surface area contributed by atoms with E-state index in [2.05, 4.69) is 0 Å². The molecule has 0 saturated carbocycles. The number of halogens is 3. The van der Waals surface area contributed by atoms with Gasteiger partial charge < -0.3 is 10.5 Å². The summed E-state index contributed by atoms with van der Waals surface area (Å²) in [5.41, 5.74) is 5.19. The van der Waals surface area contributed by atoms with Gasteiger partial charge in [-0.3, -0.25) is 4.55 Å². The van der Waals surface area contributed by atoms with Crippen LogP contribution in [0.1, 0.15) is 17.2 Å². The summed E-state index contributed by atoms with van der Waals surface area (Å²) >= 11 is 0. The summed E-state index contributed by atoms with van der Waals surface area (Å²) < 4.78 is 73.9. The second kappa shape index (κ2) is 6.80. The number of rotatable bonds is 5. The van der Waals surface area contributed by atoms with Crippen LogP contribution in [0.15, 0.2) is 48.5 Å². The molecule has 24 heavy (non-hydrogen) atoms. The van der Waals surface area contributed by atoms with Gasteiger partial charge in [0, 0.05) is 6.04 Å². The van der Waals surface area contributed by atoms with Crippen LogP contribution in [0.5, 0.6) is 11.5 Å². The maximum atomic E-state index is 12.7. The van der Waals surface area contributed by atoms with Crippen LogP contribution in [0.4, 0.5) is 13.2 Å². The standard InChI is InChI=1S/C15H14F3NO4S/c16-15(17,18)11-4-2-6-13(8-11)23-12-5-1-3-10(7-12)14(19)9-24(20,21)22/h1-8,14H,9,19H2,(H,20,21,22). The Morgan fingerprint density at radius 2 is 1.67 bits per heavy atom. The Morgan fingerprint density at radius 3 is 2.25 bits per heavy atom. The van der Waals surface area contributed by atoms with Crippen molar-refractivity contribution in [1.29, 1.82) is 0 Å². The Bertz CT molecular complexity index is 821. The molecule has 0 aliphatic rings. The number of hydrogen-bond acceptors (Lipinski definition) is 4. The van der Waals surface area contributed by atoms with Crippen LogP contribution in [0, 0.1) is 0 Å². The lowest BCUT2D eigenvalue weighted by atomic mass is 10.1. The SMILES string of the molecule is NC(CS(=O)(=O)O)c1cccc(Oc2cccc(C(F)(F)F)c2)c1. The fraction of sp³-hybridized carbons (Fsp3) is 0.200. The average Bonchev–Trinajstić information content (AvgIpc) is 2.45. The number of hydrogen-bond donors (Lipinski definition) is 2. The van der Waals surface area contributed by atoms with Crippen LogP contribution in [0.3, 0.4) is 0 Å². The fourth-order valence-electron chi connectivity index (χ4n) is 2.00. The zero-order valence-corrected chi connectivity index (χ0v) is 13.0. The van der Waals surface area contributed by atoms with E-state index in [1.807, 2.05) is 0 Å². The molecule has 0 heterocycles. The van der Waals surface area contributed by atoms with Gasteiger partial charge in [-0.2, -0.15) is 21.6 Å². The summed E-state index contributed by atoms with van der Waals surface area (Å²) in [5.74, 6) is -0.511. The highest BCUT2D eigenvalue weighted by molar-refractivity contribution is 7.85. The van der Waals surface area contributed by atoms with Gasteiger partial charge >= 0.3 is 6.18 Å². The molecule has 0 amide bonds. The van der Waals surface area contributed by atoms with Crippen molar-refractivity contribution >= 4 is 10.1 Å². The number of benzene rings is 2. The van der Waals surface area contributed by atoms with Crippen LogP contribution in [0.25, 0.3) is 0 Å². The normalized spacial score (nSPS) is 13.5. The van der Waals surface area contributed by atoms with Crippen LogP contribution in [-0.4, -0.2) is 18.7 Å². The van der Waals surface area contributed by atoms with E-state index in [1.54, 1.807) is 0 Å². The summed E-state index contributed by atoms with van der Waals surface area (Å²) in [7, 11) is -4.26. The first-order valence-corrected chi connectivity index (χ1v) is 8.31. The molecule has 1 atom stereocenters. The van der Waals surface area contributed by atoms with Crippen LogP contribution >= 0.6 is 0 Å². The first kappa shape index (κ1) is 18.2. The maximum Gasteiger partial charge on any atom is 0.416 e. The minimum absolute atomic E-state index is 0.0228. The van der Waals surface area contributed by atoms with Crippen LogP contribution in [-0.2, 0) is 16.3 Å². The van der Waals surface area contributed by atoms with Crippen molar-refractivity contribution in [1.82, 2.24) is 0 Å². The zero-order chi connectivity index (χ0) is 18.0. The second-order valence-corrected chi connectivity index (χ2v) is 6.55. The van der Waals surface area contributed by atoms with Gasteiger partial charge in [0.1, 0.15) is 11.5 Å². The van der Waals surface area contributed by atoms with E-state index in [4.69, 9.17) is 15.0 Å². The molecule has 0 aliphatic heterocycles. The predicted molar refractivity (Wildman–Crippen MR) is 81.3 cm³/mol. The molecule has 0 radical (unpaired) electrons. The van der Waals surface area contributed by atoms with Crippen molar-refractivity contribution in [3.05, 3.63) is 59.7 Å². The fourth-order valence-corrected chi connectivity index (χ4v) is 2.65. The topological polar surface area (TPSA) is 89.6 Å². The monoisotopic (exact) mass is 361 g/mol. The molecular formula is C15H14F3NO4S. The van der Waals surface area contributed by atoms with Gasteiger partial charge in [-0.15, -0.1) is 0 Å². The molecular weight excluding hydrogens is 347 g/mol.